The second-order valence-corrected chi connectivity index (χ2v) is 4.97. The number of ether oxygens (including phenoxy) is 1. The molecule has 122 valence electrons. The Morgan fingerprint density at radius 2 is 2.04 bits per heavy atom. The fraction of sp³-hybridized carbons (Fsp3) is 0.312. The van der Waals surface area contributed by atoms with Gasteiger partial charge in [-0.2, -0.15) is 0 Å². The zero-order valence-electron chi connectivity index (χ0n) is 13.0. The van der Waals surface area contributed by atoms with Crippen molar-refractivity contribution in [1.29, 1.82) is 0 Å². The van der Waals surface area contributed by atoms with Crippen LogP contribution in [0.3, 0.4) is 0 Å². The molecule has 1 aromatic carbocycles. The van der Waals surface area contributed by atoms with Crippen LogP contribution in [0.1, 0.15) is 28.8 Å². The SMILES string of the molecule is COc1cccc(CCCCNc2ncc(C(=O)NO)cn2)c1. The first kappa shape index (κ1) is 16.7. The average Bonchev–Trinajstić information content (AvgIpc) is 2.61. The van der Waals surface area contributed by atoms with Gasteiger partial charge in [0.05, 0.1) is 12.7 Å². The zero-order valence-corrected chi connectivity index (χ0v) is 13.0. The van der Waals surface area contributed by atoms with E-state index in [1.807, 2.05) is 18.2 Å². The molecular formula is C16H20N4O3. The highest BCUT2D eigenvalue weighted by molar-refractivity contribution is 5.92. The van der Waals surface area contributed by atoms with Gasteiger partial charge in [0, 0.05) is 18.9 Å². The number of aryl methyl sites for hydroxylation is 1. The lowest BCUT2D eigenvalue weighted by Crippen LogP contribution is -2.19. The summed E-state index contributed by atoms with van der Waals surface area (Å²) < 4.78 is 5.20. The first-order valence-electron chi connectivity index (χ1n) is 7.36. The average molecular weight is 316 g/mol. The number of hydroxylamine groups is 1. The number of unbranched alkanes of at least 4 members (excludes halogenated alkanes) is 1. The molecule has 2 rings (SSSR count). The van der Waals surface area contributed by atoms with E-state index < -0.39 is 5.91 Å². The Morgan fingerprint density at radius 3 is 2.74 bits per heavy atom. The number of hydrogen-bond acceptors (Lipinski definition) is 6. The smallest absolute Gasteiger partial charge is 0.277 e. The first-order valence-corrected chi connectivity index (χ1v) is 7.36. The molecule has 1 heterocycles. The number of rotatable bonds is 8. The molecule has 23 heavy (non-hydrogen) atoms. The van der Waals surface area contributed by atoms with Crippen molar-refractivity contribution in [3.63, 3.8) is 0 Å². The summed E-state index contributed by atoms with van der Waals surface area (Å²) in [5, 5.41) is 11.6. The second kappa shape index (κ2) is 8.70. The van der Waals surface area contributed by atoms with E-state index >= 15 is 0 Å². The Bertz CT molecular complexity index is 631. The molecule has 7 nitrogen and oxygen atoms in total. The van der Waals surface area contributed by atoms with Gasteiger partial charge < -0.3 is 10.1 Å². The van der Waals surface area contributed by atoms with E-state index in [0.717, 1.165) is 31.6 Å². The van der Waals surface area contributed by atoms with Gasteiger partial charge in [-0.05, 0) is 37.0 Å². The number of anilines is 1. The van der Waals surface area contributed by atoms with Gasteiger partial charge in [-0.1, -0.05) is 12.1 Å². The summed E-state index contributed by atoms with van der Waals surface area (Å²) >= 11 is 0. The molecule has 0 saturated heterocycles. The van der Waals surface area contributed by atoms with Crippen molar-refractivity contribution in [2.24, 2.45) is 0 Å². The largest absolute Gasteiger partial charge is 0.497 e. The highest BCUT2D eigenvalue weighted by Gasteiger charge is 2.05. The summed E-state index contributed by atoms with van der Waals surface area (Å²) in [7, 11) is 1.67. The standard InChI is InChI=1S/C16H20N4O3/c1-23-14-7-4-6-12(9-14)5-2-3-8-17-16-18-10-13(11-19-16)15(21)20-22/h4,6-7,9-11,22H,2-3,5,8H2,1H3,(H,20,21)(H,17,18,19). The van der Waals surface area contributed by atoms with Gasteiger partial charge in [0.25, 0.3) is 5.91 Å². The third kappa shape index (κ3) is 5.23. The summed E-state index contributed by atoms with van der Waals surface area (Å²) in [6, 6.07) is 8.05. The van der Waals surface area contributed by atoms with Crippen molar-refractivity contribution >= 4 is 11.9 Å². The van der Waals surface area contributed by atoms with Crippen molar-refractivity contribution in [3.05, 3.63) is 47.8 Å². The van der Waals surface area contributed by atoms with Gasteiger partial charge >= 0.3 is 0 Å². The van der Waals surface area contributed by atoms with Crippen LogP contribution in [0, 0.1) is 0 Å². The summed E-state index contributed by atoms with van der Waals surface area (Å²) in [5.74, 6) is 0.705. The fourth-order valence-electron chi connectivity index (χ4n) is 2.08. The molecule has 0 fully saturated rings. The maximum Gasteiger partial charge on any atom is 0.277 e. The topological polar surface area (TPSA) is 96.4 Å². The number of benzene rings is 1. The van der Waals surface area contributed by atoms with E-state index in [-0.39, 0.29) is 5.56 Å². The Labute approximate surface area is 134 Å². The van der Waals surface area contributed by atoms with E-state index in [2.05, 4.69) is 21.4 Å². The molecule has 2 aromatic rings. The van der Waals surface area contributed by atoms with Crippen LogP contribution in [0.15, 0.2) is 36.7 Å². The van der Waals surface area contributed by atoms with Gasteiger partial charge in [-0.15, -0.1) is 0 Å². The molecule has 0 spiro atoms. The van der Waals surface area contributed by atoms with Crippen LogP contribution in [0.2, 0.25) is 0 Å². The van der Waals surface area contributed by atoms with E-state index in [0.29, 0.717) is 5.95 Å². The minimum atomic E-state index is -0.630. The molecule has 0 bridgehead atoms. The van der Waals surface area contributed by atoms with Crippen LogP contribution >= 0.6 is 0 Å². The van der Waals surface area contributed by atoms with E-state index in [1.165, 1.54) is 23.4 Å². The molecule has 3 N–H and O–H groups in total. The molecule has 0 radical (unpaired) electrons. The Kier molecular flexibility index (Phi) is 6.31. The van der Waals surface area contributed by atoms with Crippen LogP contribution in [0.25, 0.3) is 0 Å². The number of hydrogen-bond donors (Lipinski definition) is 3. The Morgan fingerprint density at radius 1 is 1.26 bits per heavy atom. The van der Waals surface area contributed by atoms with Crippen molar-refractivity contribution in [2.45, 2.75) is 19.3 Å². The molecule has 7 heteroatoms. The third-order valence-electron chi connectivity index (χ3n) is 3.33. The van der Waals surface area contributed by atoms with Crippen LogP contribution in [-0.2, 0) is 6.42 Å². The molecule has 0 saturated carbocycles. The lowest BCUT2D eigenvalue weighted by atomic mass is 10.1. The lowest BCUT2D eigenvalue weighted by molar-refractivity contribution is 0.0705. The number of carbonyl (C=O) groups is 1. The second-order valence-electron chi connectivity index (χ2n) is 4.97. The minimum absolute atomic E-state index is 0.205. The first-order chi connectivity index (χ1) is 11.2. The predicted octanol–water partition coefficient (Wildman–Crippen LogP) is 2.04. The molecule has 0 aliphatic heterocycles. The van der Waals surface area contributed by atoms with Crippen LogP contribution in [0.4, 0.5) is 5.95 Å². The van der Waals surface area contributed by atoms with Crippen LogP contribution < -0.4 is 15.5 Å². The highest BCUT2D eigenvalue weighted by atomic mass is 16.5. The number of nitrogens with zero attached hydrogens (tertiary/aromatic N) is 2. The lowest BCUT2D eigenvalue weighted by Gasteiger charge is -2.06. The van der Waals surface area contributed by atoms with Gasteiger partial charge in [0.15, 0.2) is 0 Å². The number of methoxy groups -OCH3 is 1. The number of carbonyl (C=O) groups excluding carboxylic acids is 1. The van der Waals surface area contributed by atoms with Crippen molar-refractivity contribution in [3.8, 4) is 5.75 Å². The van der Waals surface area contributed by atoms with Gasteiger partial charge in [0.1, 0.15) is 5.75 Å². The maximum absolute atomic E-state index is 11.1. The molecule has 0 aliphatic carbocycles. The molecule has 0 atom stereocenters. The van der Waals surface area contributed by atoms with Crippen molar-refractivity contribution < 1.29 is 14.7 Å². The summed E-state index contributed by atoms with van der Waals surface area (Å²) in [4.78, 5) is 19.2. The summed E-state index contributed by atoms with van der Waals surface area (Å²) in [6.45, 7) is 0.746. The number of aromatic nitrogens is 2. The predicted molar refractivity (Wildman–Crippen MR) is 85.7 cm³/mol. The van der Waals surface area contributed by atoms with Gasteiger partial charge in [0.2, 0.25) is 5.95 Å². The fourth-order valence-corrected chi connectivity index (χ4v) is 2.08. The van der Waals surface area contributed by atoms with E-state index in [4.69, 9.17) is 9.94 Å². The number of nitrogens with one attached hydrogen (secondary N) is 2. The van der Waals surface area contributed by atoms with Crippen LogP contribution in [-0.4, -0.2) is 34.7 Å². The minimum Gasteiger partial charge on any atom is -0.497 e. The summed E-state index contributed by atoms with van der Waals surface area (Å²) in [6.07, 6.45) is 5.70. The Hall–Kier alpha value is -2.67. The normalized spacial score (nSPS) is 10.2. The molecule has 1 aromatic heterocycles. The molecular weight excluding hydrogens is 296 g/mol. The highest BCUT2D eigenvalue weighted by Crippen LogP contribution is 2.14. The van der Waals surface area contributed by atoms with Crippen molar-refractivity contribution in [2.75, 3.05) is 19.0 Å². The Balaban J connectivity index is 1.70. The van der Waals surface area contributed by atoms with Crippen molar-refractivity contribution in [1.82, 2.24) is 15.4 Å². The molecule has 1 amide bonds. The summed E-state index contributed by atoms with van der Waals surface area (Å²) in [5.41, 5.74) is 2.99. The van der Waals surface area contributed by atoms with E-state index in [1.54, 1.807) is 7.11 Å². The number of amides is 1. The third-order valence-corrected chi connectivity index (χ3v) is 3.33. The van der Waals surface area contributed by atoms with Crippen LogP contribution in [0.5, 0.6) is 5.75 Å². The monoisotopic (exact) mass is 316 g/mol. The maximum atomic E-state index is 11.1. The van der Waals surface area contributed by atoms with Gasteiger partial charge in [-0.3, -0.25) is 10.0 Å². The molecule has 0 aliphatic rings. The quantitative estimate of drug-likeness (QED) is 0.392. The van der Waals surface area contributed by atoms with Gasteiger partial charge in [-0.25, -0.2) is 15.4 Å². The van der Waals surface area contributed by atoms with E-state index in [9.17, 15) is 4.79 Å². The zero-order chi connectivity index (χ0) is 16.5. The molecule has 0 unspecified atom stereocenters.